The van der Waals surface area contributed by atoms with Crippen molar-refractivity contribution in [2.24, 2.45) is 5.92 Å². The van der Waals surface area contributed by atoms with E-state index in [2.05, 4.69) is 57.7 Å². The van der Waals surface area contributed by atoms with Crippen LogP contribution in [0.3, 0.4) is 0 Å². The summed E-state index contributed by atoms with van der Waals surface area (Å²) in [6.07, 6.45) is 3.14. The van der Waals surface area contributed by atoms with Gasteiger partial charge in [0.05, 0.1) is 12.7 Å². The fraction of sp³-hybridized carbons (Fsp3) is 0.391. The molecule has 2 unspecified atom stereocenters. The van der Waals surface area contributed by atoms with Crippen molar-refractivity contribution in [1.82, 2.24) is 0 Å². The van der Waals surface area contributed by atoms with E-state index in [1.165, 1.54) is 16.7 Å². The van der Waals surface area contributed by atoms with Gasteiger partial charge in [0, 0.05) is 0 Å². The van der Waals surface area contributed by atoms with Gasteiger partial charge in [-0.15, -0.1) is 6.58 Å². The van der Waals surface area contributed by atoms with Crippen molar-refractivity contribution in [2.75, 3.05) is 13.2 Å². The van der Waals surface area contributed by atoms with Crippen LogP contribution in [0.15, 0.2) is 49.1 Å². The zero-order valence-electron chi connectivity index (χ0n) is 16.0. The Morgan fingerprint density at radius 1 is 1.15 bits per heavy atom. The van der Waals surface area contributed by atoms with Crippen molar-refractivity contribution in [3.05, 3.63) is 60.2 Å². The fourth-order valence-corrected chi connectivity index (χ4v) is 3.35. The Bertz CT molecular complexity index is 766. The van der Waals surface area contributed by atoms with Gasteiger partial charge in [-0.3, -0.25) is 0 Å². The van der Waals surface area contributed by atoms with E-state index in [9.17, 15) is 0 Å². The van der Waals surface area contributed by atoms with Crippen molar-refractivity contribution in [3.63, 3.8) is 0 Å². The molecular formula is C23H28O3. The van der Waals surface area contributed by atoms with Gasteiger partial charge >= 0.3 is 0 Å². The van der Waals surface area contributed by atoms with Crippen LogP contribution >= 0.6 is 0 Å². The zero-order valence-corrected chi connectivity index (χ0v) is 16.0. The Kier molecular flexibility index (Phi) is 6.00. The molecule has 1 heterocycles. The van der Waals surface area contributed by atoms with Gasteiger partial charge in [0.25, 0.3) is 0 Å². The number of hydrogen-bond donors (Lipinski definition) is 0. The zero-order chi connectivity index (χ0) is 18.5. The summed E-state index contributed by atoms with van der Waals surface area (Å²) in [4.78, 5) is 0. The van der Waals surface area contributed by atoms with Gasteiger partial charge < -0.3 is 14.2 Å². The van der Waals surface area contributed by atoms with Crippen LogP contribution in [0.1, 0.15) is 31.4 Å². The minimum atomic E-state index is 0.199. The molecule has 2 atom stereocenters. The molecule has 138 valence electrons. The van der Waals surface area contributed by atoms with Crippen LogP contribution in [0.5, 0.6) is 11.5 Å². The molecule has 0 fully saturated rings. The van der Waals surface area contributed by atoms with Crippen LogP contribution in [-0.2, 0) is 11.3 Å². The average Bonchev–Trinajstić information content (AvgIpc) is 2.69. The van der Waals surface area contributed by atoms with E-state index >= 15 is 0 Å². The number of ether oxygens (including phenoxy) is 3. The van der Waals surface area contributed by atoms with E-state index in [1.807, 2.05) is 12.1 Å². The molecule has 0 spiro atoms. The van der Waals surface area contributed by atoms with Gasteiger partial charge in [0.2, 0.25) is 0 Å². The Balaban J connectivity index is 1.82. The molecule has 2 aromatic carbocycles. The summed E-state index contributed by atoms with van der Waals surface area (Å²) in [5, 5.41) is 0. The van der Waals surface area contributed by atoms with Gasteiger partial charge in [-0.25, -0.2) is 0 Å². The van der Waals surface area contributed by atoms with Crippen LogP contribution in [0.4, 0.5) is 0 Å². The number of fused-ring (bicyclic) bond motifs is 1. The molecule has 1 aliphatic heterocycles. The molecule has 0 saturated carbocycles. The lowest BCUT2D eigenvalue weighted by Crippen LogP contribution is -2.19. The number of hydrogen-bond acceptors (Lipinski definition) is 3. The van der Waals surface area contributed by atoms with Crippen LogP contribution in [-0.4, -0.2) is 19.3 Å². The number of benzene rings is 2. The third-order valence-corrected chi connectivity index (χ3v) is 5.11. The molecule has 3 heteroatoms. The molecule has 26 heavy (non-hydrogen) atoms. The summed E-state index contributed by atoms with van der Waals surface area (Å²) in [6.45, 7) is 12.2. The Labute approximate surface area is 156 Å². The van der Waals surface area contributed by atoms with Crippen LogP contribution in [0.25, 0.3) is 11.1 Å². The topological polar surface area (TPSA) is 27.7 Å². The monoisotopic (exact) mass is 352 g/mol. The van der Waals surface area contributed by atoms with Gasteiger partial charge in [0.15, 0.2) is 11.5 Å². The van der Waals surface area contributed by atoms with E-state index in [0.29, 0.717) is 25.7 Å². The minimum Gasteiger partial charge on any atom is -0.486 e. The fourth-order valence-electron chi connectivity index (χ4n) is 3.35. The maximum Gasteiger partial charge on any atom is 0.161 e. The molecule has 3 rings (SSSR count). The summed E-state index contributed by atoms with van der Waals surface area (Å²) in [6, 6.07) is 12.5. The second-order valence-corrected chi connectivity index (χ2v) is 6.80. The van der Waals surface area contributed by atoms with Crippen molar-refractivity contribution in [1.29, 1.82) is 0 Å². The molecule has 0 bridgehead atoms. The Morgan fingerprint density at radius 2 is 1.92 bits per heavy atom. The van der Waals surface area contributed by atoms with E-state index < -0.39 is 0 Å². The molecule has 1 aliphatic rings. The summed E-state index contributed by atoms with van der Waals surface area (Å²) in [5.41, 5.74) is 4.80. The molecule has 0 aromatic heterocycles. The highest BCUT2D eigenvalue weighted by Gasteiger charge is 2.16. The normalized spacial score (nSPS) is 15.3. The van der Waals surface area contributed by atoms with Crippen LogP contribution in [0, 0.1) is 12.8 Å². The lowest BCUT2D eigenvalue weighted by atomic mass is 9.96. The Morgan fingerprint density at radius 3 is 2.65 bits per heavy atom. The highest BCUT2D eigenvalue weighted by molar-refractivity contribution is 5.71. The quantitative estimate of drug-likeness (QED) is 0.611. The lowest BCUT2D eigenvalue weighted by Gasteiger charge is -2.22. The first-order valence-corrected chi connectivity index (χ1v) is 9.36. The van der Waals surface area contributed by atoms with E-state index in [0.717, 1.165) is 23.5 Å². The van der Waals surface area contributed by atoms with Crippen molar-refractivity contribution in [3.8, 4) is 22.6 Å². The SMILES string of the molecule is C=CC(C)C(CC)OCc1cccc(-c2ccc3c(c2)OCCO3)c1C. The summed E-state index contributed by atoms with van der Waals surface area (Å²) < 4.78 is 17.5. The third-order valence-electron chi connectivity index (χ3n) is 5.11. The molecule has 0 radical (unpaired) electrons. The van der Waals surface area contributed by atoms with E-state index in [4.69, 9.17) is 14.2 Å². The molecular weight excluding hydrogens is 324 g/mol. The third kappa shape index (κ3) is 3.94. The maximum atomic E-state index is 6.18. The first-order valence-electron chi connectivity index (χ1n) is 9.36. The highest BCUT2D eigenvalue weighted by atomic mass is 16.6. The summed E-state index contributed by atoms with van der Waals surface area (Å²) >= 11 is 0. The Hall–Kier alpha value is -2.26. The van der Waals surface area contributed by atoms with Crippen LogP contribution < -0.4 is 9.47 Å². The molecule has 3 nitrogen and oxygen atoms in total. The molecule has 0 saturated heterocycles. The average molecular weight is 352 g/mol. The molecule has 2 aromatic rings. The molecule has 0 aliphatic carbocycles. The van der Waals surface area contributed by atoms with Gasteiger partial charge in [0.1, 0.15) is 13.2 Å². The van der Waals surface area contributed by atoms with Crippen LogP contribution in [0.2, 0.25) is 0 Å². The summed E-state index contributed by atoms with van der Waals surface area (Å²) in [7, 11) is 0. The number of rotatable bonds is 7. The predicted octanol–water partition coefficient (Wildman–Crippen LogP) is 5.55. The van der Waals surface area contributed by atoms with Gasteiger partial charge in [-0.05, 0) is 53.6 Å². The highest BCUT2D eigenvalue weighted by Crippen LogP contribution is 2.36. The first kappa shape index (κ1) is 18.5. The minimum absolute atomic E-state index is 0.199. The van der Waals surface area contributed by atoms with Gasteiger partial charge in [-0.1, -0.05) is 44.2 Å². The van der Waals surface area contributed by atoms with E-state index in [-0.39, 0.29) is 6.10 Å². The smallest absolute Gasteiger partial charge is 0.161 e. The van der Waals surface area contributed by atoms with E-state index in [1.54, 1.807) is 0 Å². The summed E-state index contributed by atoms with van der Waals surface area (Å²) in [5.74, 6) is 1.99. The van der Waals surface area contributed by atoms with Crippen molar-refractivity contribution < 1.29 is 14.2 Å². The predicted molar refractivity (Wildman–Crippen MR) is 106 cm³/mol. The lowest BCUT2D eigenvalue weighted by molar-refractivity contribution is 0.0155. The largest absolute Gasteiger partial charge is 0.486 e. The second kappa shape index (κ2) is 8.41. The van der Waals surface area contributed by atoms with Crippen molar-refractivity contribution >= 4 is 0 Å². The molecule has 0 amide bonds. The molecule has 0 N–H and O–H groups in total. The van der Waals surface area contributed by atoms with Crippen molar-refractivity contribution in [2.45, 2.75) is 39.9 Å². The maximum absolute atomic E-state index is 6.18. The first-order chi connectivity index (χ1) is 12.6. The standard InChI is InChI=1S/C23H28O3/c1-5-16(3)21(6-2)26-15-19-8-7-9-20(17(19)4)18-10-11-22-23(14-18)25-13-12-24-22/h5,7-11,14,16,21H,1,6,12-13,15H2,2-4H3. The second-order valence-electron chi connectivity index (χ2n) is 6.80. The van der Waals surface area contributed by atoms with Gasteiger partial charge in [-0.2, -0.15) is 0 Å².